The van der Waals surface area contributed by atoms with Gasteiger partial charge >= 0.3 is 11.7 Å². The van der Waals surface area contributed by atoms with Crippen LogP contribution < -0.4 is 5.32 Å². The Labute approximate surface area is 113 Å². The number of carboxylic acid groups (broad SMARTS) is 1. The summed E-state index contributed by atoms with van der Waals surface area (Å²) >= 11 is 0. The standard InChI is InChI=1S/C11H13N3O6/c15-11(16)8-1-2-9(14(17)18)10(13-8)12-5-7-6-19-3-4-20-7/h1-2,7H,3-6H2,(H,12,13)(H,15,16). The van der Waals surface area contributed by atoms with Crippen LogP contribution in [-0.4, -0.2) is 53.5 Å². The van der Waals surface area contributed by atoms with Crippen LogP contribution in [0.2, 0.25) is 0 Å². The van der Waals surface area contributed by atoms with Gasteiger partial charge in [-0.3, -0.25) is 10.1 Å². The molecular weight excluding hydrogens is 270 g/mol. The Morgan fingerprint density at radius 1 is 1.55 bits per heavy atom. The van der Waals surface area contributed by atoms with Gasteiger partial charge in [-0.25, -0.2) is 9.78 Å². The molecule has 1 aromatic heterocycles. The van der Waals surface area contributed by atoms with Crippen molar-refractivity contribution in [2.24, 2.45) is 0 Å². The topological polar surface area (TPSA) is 124 Å². The van der Waals surface area contributed by atoms with E-state index in [-0.39, 0.29) is 29.8 Å². The van der Waals surface area contributed by atoms with Crippen molar-refractivity contribution in [3.8, 4) is 0 Å². The van der Waals surface area contributed by atoms with Crippen molar-refractivity contribution < 1.29 is 24.3 Å². The predicted molar refractivity (Wildman–Crippen MR) is 66.9 cm³/mol. The Hall–Kier alpha value is -2.26. The summed E-state index contributed by atoms with van der Waals surface area (Å²) in [5, 5.41) is 22.5. The lowest BCUT2D eigenvalue weighted by atomic mass is 10.3. The number of nitrogens with one attached hydrogen (secondary N) is 1. The highest BCUT2D eigenvalue weighted by molar-refractivity contribution is 5.86. The number of hydrogen-bond acceptors (Lipinski definition) is 7. The summed E-state index contributed by atoms with van der Waals surface area (Å²) in [6, 6.07) is 2.20. The Bertz CT molecular complexity index is 515. The van der Waals surface area contributed by atoms with Crippen molar-refractivity contribution in [3.05, 3.63) is 27.9 Å². The van der Waals surface area contributed by atoms with Crippen LogP contribution in [0.25, 0.3) is 0 Å². The molecule has 0 saturated carbocycles. The Morgan fingerprint density at radius 2 is 2.35 bits per heavy atom. The zero-order valence-electron chi connectivity index (χ0n) is 10.4. The number of anilines is 1. The second-order valence-electron chi connectivity index (χ2n) is 4.08. The number of hydrogen-bond donors (Lipinski definition) is 2. The van der Waals surface area contributed by atoms with Gasteiger partial charge in [0.25, 0.3) is 0 Å². The number of aromatic carboxylic acids is 1. The number of nitrogens with zero attached hydrogens (tertiary/aromatic N) is 2. The number of carbonyl (C=O) groups is 1. The lowest BCUT2D eigenvalue weighted by Gasteiger charge is -2.23. The van der Waals surface area contributed by atoms with Gasteiger partial charge in [-0.15, -0.1) is 0 Å². The number of rotatable bonds is 5. The molecule has 0 amide bonds. The maximum Gasteiger partial charge on any atom is 0.354 e. The highest BCUT2D eigenvalue weighted by atomic mass is 16.6. The minimum absolute atomic E-state index is 0.0935. The van der Waals surface area contributed by atoms with Crippen molar-refractivity contribution in [2.45, 2.75) is 6.10 Å². The van der Waals surface area contributed by atoms with Gasteiger partial charge in [0.15, 0.2) is 5.69 Å². The summed E-state index contributed by atoms with van der Waals surface area (Å²) in [6.07, 6.45) is -0.251. The molecule has 2 N–H and O–H groups in total. The average Bonchev–Trinajstić information content (AvgIpc) is 2.45. The molecule has 1 saturated heterocycles. The third-order valence-electron chi connectivity index (χ3n) is 2.67. The van der Waals surface area contributed by atoms with Crippen molar-refractivity contribution in [1.82, 2.24) is 4.98 Å². The van der Waals surface area contributed by atoms with Gasteiger partial charge < -0.3 is 19.9 Å². The van der Waals surface area contributed by atoms with E-state index in [2.05, 4.69) is 10.3 Å². The summed E-state index contributed by atoms with van der Waals surface area (Å²) in [7, 11) is 0. The first kappa shape index (κ1) is 14.2. The molecular formula is C11H13N3O6. The first-order valence-corrected chi connectivity index (χ1v) is 5.90. The van der Waals surface area contributed by atoms with Crippen LogP contribution in [0, 0.1) is 10.1 Å². The Kier molecular flexibility index (Phi) is 4.43. The second-order valence-corrected chi connectivity index (χ2v) is 4.08. The molecule has 1 aliphatic heterocycles. The van der Waals surface area contributed by atoms with E-state index in [1.165, 1.54) is 0 Å². The number of pyridine rings is 1. The van der Waals surface area contributed by atoms with E-state index in [1.54, 1.807) is 0 Å². The minimum Gasteiger partial charge on any atom is -0.477 e. The summed E-state index contributed by atoms with van der Waals surface area (Å²) in [5.41, 5.74) is -0.550. The van der Waals surface area contributed by atoms with Crippen LogP contribution in [0.3, 0.4) is 0 Å². The molecule has 0 radical (unpaired) electrons. The van der Waals surface area contributed by atoms with Crippen molar-refractivity contribution in [3.63, 3.8) is 0 Å². The molecule has 2 rings (SSSR count). The molecule has 108 valence electrons. The quantitative estimate of drug-likeness (QED) is 0.591. The average molecular weight is 283 g/mol. The van der Waals surface area contributed by atoms with Gasteiger partial charge in [0.2, 0.25) is 5.82 Å². The van der Waals surface area contributed by atoms with Crippen LogP contribution in [0.15, 0.2) is 12.1 Å². The lowest BCUT2D eigenvalue weighted by Crippen LogP contribution is -2.34. The van der Waals surface area contributed by atoms with E-state index < -0.39 is 10.9 Å². The third-order valence-corrected chi connectivity index (χ3v) is 2.67. The smallest absolute Gasteiger partial charge is 0.354 e. The molecule has 1 fully saturated rings. The zero-order chi connectivity index (χ0) is 14.5. The normalized spacial score (nSPS) is 18.5. The fourth-order valence-electron chi connectivity index (χ4n) is 1.71. The maximum absolute atomic E-state index is 10.9. The highest BCUT2D eigenvalue weighted by Gasteiger charge is 2.20. The van der Waals surface area contributed by atoms with Gasteiger partial charge in [0.1, 0.15) is 0 Å². The highest BCUT2D eigenvalue weighted by Crippen LogP contribution is 2.22. The molecule has 2 heterocycles. The Balaban J connectivity index is 2.12. The molecule has 9 heteroatoms. The molecule has 1 atom stereocenters. The molecule has 0 aromatic carbocycles. The largest absolute Gasteiger partial charge is 0.477 e. The van der Waals surface area contributed by atoms with E-state index in [1.807, 2.05) is 0 Å². The van der Waals surface area contributed by atoms with Crippen LogP contribution in [0.5, 0.6) is 0 Å². The lowest BCUT2D eigenvalue weighted by molar-refractivity contribution is -0.384. The molecule has 0 spiro atoms. The summed E-state index contributed by atoms with van der Waals surface area (Å²) in [5.74, 6) is -1.34. The number of aromatic nitrogens is 1. The van der Waals surface area contributed by atoms with E-state index in [4.69, 9.17) is 14.6 Å². The van der Waals surface area contributed by atoms with Crippen molar-refractivity contribution in [2.75, 3.05) is 31.7 Å². The fraction of sp³-hybridized carbons (Fsp3) is 0.455. The number of nitro groups is 1. The monoisotopic (exact) mass is 283 g/mol. The molecule has 1 unspecified atom stereocenters. The molecule has 0 bridgehead atoms. The SMILES string of the molecule is O=C(O)c1ccc([N+](=O)[O-])c(NCC2COCCO2)n1. The Morgan fingerprint density at radius 3 is 2.95 bits per heavy atom. The second kappa shape index (κ2) is 6.26. The first-order chi connectivity index (χ1) is 9.58. The maximum atomic E-state index is 10.9. The third kappa shape index (κ3) is 3.39. The van der Waals surface area contributed by atoms with Crippen LogP contribution in [0.4, 0.5) is 11.5 Å². The van der Waals surface area contributed by atoms with Crippen LogP contribution >= 0.6 is 0 Å². The molecule has 1 aromatic rings. The molecule has 1 aliphatic rings. The van der Waals surface area contributed by atoms with Gasteiger partial charge in [-0.1, -0.05) is 0 Å². The van der Waals surface area contributed by atoms with Crippen LogP contribution in [-0.2, 0) is 9.47 Å². The van der Waals surface area contributed by atoms with E-state index in [0.29, 0.717) is 19.8 Å². The minimum atomic E-state index is -1.25. The van der Waals surface area contributed by atoms with Gasteiger partial charge in [0.05, 0.1) is 30.8 Å². The van der Waals surface area contributed by atoms with E-state index in [9.17, 15) is 14.9 Å². The van der Waals surface area contributed by atoms with E-state index in [0.717, 1.165) is 12.1 Å². The summed E-state index contributed by atoms with van der Waals surface area (Å²) in [6.45, 7) is 1.59. The van der Waals surface area contributed by atoms with Crippen LogP contribution in [0.1, 0.15) is 10.5 Å². The van der Waals surface area contributed by atoms with Crippen molar-refractivity contribution in [1.29, 1.82) is 0 Å². The number of carboxylic acids is 1. The van der Waals surface area contributed by atoms with Gasteiger partial charge in [-0.05, 0) is 6.07 Å². The fourth-order valence-corrected chi connectivity index (χ4v) is 1.71. The first-order valence-electron chi connectivity index (χ1n) is 5.90. The zero-order valence-corrected chi connectivity index (χ0v) is 10.4. The van der Waals surface area contributed by atoms with Gasteiger partial charge in [-0.2, -0.15) is 0 Å². The molecule has 0 aliphatic carbocycles. The molecule has 9 nitrogen and oxygen atoms in total. The van der Waals surface area contributed by atoms with Crippen molar-refractivity contribution >= 4 is 17.5 Å². The van der Waals surface area contributed by atoms with Gasteiger partial charge in [0, 0.05) is 12.6 Å². The van der Waals surface area contributed by atoms with E-state index >= 15 is 0 Å². The number of ether oxygens (including phenoxy) is 2. The summed E-state index contributed by atoms with van der Waals surface area (Å²) < 4.78 is 10.6. The summed E-state index contributed by atoms with van der Waals surface area (Å²) in [4.78, 5) is 24.8. The molecule has 20 heavy (non-hydrogen) atoms. The predicted octanol–water partition coefficient (Wildman–Crippen LogP) is 0.515.